The molecule has 0 fully saturated rings. The molecule has 13 heavy (non-hydrogen) atoms. The molecule has 2 nitrogen and oxygen atoms in total. The van der Waals surface area contributed by atoms with Gasteiger partial charge in [-0.15, -0.1) is 0 Å². The van der Waals surface area contributed by atoms with Gasteiger partial charge in [0, 0.05) is 5.57 Å². The van der Waals surface area contributed by atoms with Crippen molar-refractivity contribution in [3.63, 3.8) is 0 Å². The van der Waals surface area contributed by atoms with Crippen LogP contribution in [0.4, 0.5) is 0 Å². The number of allylic oxidation sites excluding steroid dienone is 4. The minimum Gasteiger partial charge on any atom is -0.290 e. The highest BCUT2D eigenvalue weighted by molar-refractivity contribution is 6.17. The van der Waals surface area contributed by atoms with E-state index in [1.54, 1.807) is 0 Å². The monoisotopic (exact) mass is 178 g/mol. The van der Waals surface area contributed by atoms with Crippen molar-refractivity contribution < 1.29 is 9.59 Å². The number of hydrogen-bond donors (Lipinski definition) is 0. The summed E-state index contributed by atoms with van der Waals surface area (Å²) < 4.78 is 0. The second-order valence-electron chi connectivity index (χ2n) is 4.51. The Morgan fingerprint density at radius 3 is 2.31 bits per heavy atom. The van der Waals surface area contributed by atoms with Crippen molar-refractivity contribution in [2.24, 2.45) is 5.41 Å². The quantitative estimate of drug-likeness (QED) is 0.576. The molecule has 0 aromatic carbocycles. The van der Waals surface area contributed by atoms with Crippen molar-refractivity contribution >= 4 is 11.6 Å². The predicted molar refractivity (Wildman–Crippen MR) is 51.3 cm³/mol. The lowest BCUT2D eigenvalue weighted by molar-refractivity contribution is -0.114. The van der Waals surface area contributed by atoms with Crippen molar-refractivity contribution in [3.05, 3.63) is 23.8 Å². The third-order valence-electron chi connectivity index (χ3n) is 1.75. The van der Waals surface area contributed by atoms with Crippen LogP contribution in [0.15, 0.2) is 23.8 Å². The van der Waals surface area contributed by atoms with Crippen LogP contribution < -0.4 is 0 Å². The molecule has 0 bridgehead atoms. The van der Waals surface area contributed by atoms with Gasteiger partial charge in [0.05, 0.1) is 0 Å². The first-order valence-electron chi connectivity index (χ1n) is 4.35. The Kier molecular flexibility index (Phi) is 2.50. The third-order valence-corrected chi connectivity index (χ3v) is 1.75. The average Bonchev–Trinajstić information content (AvgIpc) is 1.94. The van der Waals surface area contributed by atoms with E-state index in [1.807, 2.05) is 20.8 Å². The number of ketones is 2. The number of rotatable bonds is 1. The lowest BCUT2D eigenvalue weighted by atomic mass is 9.85. The Morgan fingerprint density at radius 1 is 1.15 bits per heavy atom. The lowest BCUT2D eigenvalue weighted by Gasteiger charge is -2.19. The Balaban J connectivity index is 2.80. The van der Waals surface area contributed by atoms with E-state index in [4.69, 9.17) is 0 Å². The summed E-state index contributed by atoms with van der Waals surface area (Å²) in [6.07, 6.45) is 4.76. The summed E-state index contributed by atoms with van der Waals surface area (Å²) in [5.74, 6) is -0.117. The molecule has 0 heterocycles. The van der Waals surface area contributed by atoms with E-state index in [2.05, 4.69) is 0 Å². The van der Waals surface area contributed by atoms with Crippen LogP contribution in [-0.2, 0) is 9.59 Å². The van der Waals surface area contributed by atoms with Crippen molar-refractivity contribution in [2.75, 3.05) is 0 Å². The second kappa shape index (κ2) is 3.29. The highest BCUT2D eigenvalue weighted by Crippen LogP contribution is 2.25. The third kappa shape index (κ3) is 2.98. The van der Waals surface area contributed by atoms with E-state index in [-0.39, 0.29) is 17.0 Å². The van der Waals surface area contributed by atoms with Crippen LogP contribution >= 0.6 is 0 Å². The number of carbonyl (C=O) groups excluding carboxylic acids is 2. The lowest BCUT2D eigenvalue weighted by Crippen LogP contribution is -2.14. The molecule has 0 N–H and O–H groups in total. The Morgan fingerprint density at radius 2 is 1.77 bits per heavy atom. The predicted octanol–water partition coefficient (Wildman–Crippen LogP) is 2.06. The highest BCUT2D eigenvalue weighted by Gasteiger charge is 2.19. The molecule has 0 atom stereocenters. The van der Waals surface area contributed by atoms with Crippen molar-refractivity contribution in [2.45, 2.75) is 27.2 Å². The summed E-state index contributed by atoms with van der Waals surface area (Å²) in [5, 5.41) is 0. The molecule has 0 aromatic rings. The van der Waals surface area contributed by atoms with Crippen LogP contribution in [0.2, 0.25) is 0 Å². The van der Waals surface area contributed by atoms with Gasteiger partial charge in [-0.2, -0.15) is 0 Å². The van der Waals surface area contributed by atoms with Gasteiger partial charge in [-0.3, -0.25) is 9.59 Å². The molecule has 0 aromatic heterocycles. The Bertz CT molecular complexity index is 301. The normalized spacial score (nSPS) is 17.6. The topological polar surface area (TPSA) is 34.1 Å². The Hall–Kier alpha value is -1.18. The molecule has 0 unspecified atom stereocenters. The van der Waals surface area contributed by atoms with Gasteiger partial charge in [0.25, 0.3) is 0 Å². The van der Waals surface area contributed by atoms with E-state index in [0.717, 1.165) is 0 Å². The summed E-state index contributed by atoms with van der Waals surface area (Å²) in [7, 11) is 0. The Labute approximate surface area is 78.3 Å². The van der Waals surface area contributed by atoms with Crippen LogP contribution in [0.1, 0.15) is 27.2 Å². The van der Waals surface area contributed by atoms with Gasteiger partial charge in [-0.05, 0) is 30.1 Å². The molecular weight excluding hydrogens is 164 g/mol. The molecule has 1 aliphatic carbocycles. The van der Waals surface area contributed by atoms with Gasteiger partial charge in [-0.25, -0.2) is 0 Å². The summed E-state index contributed by atoms with van der Waals surface area (Å²) in [6.45, 7) is 6.14. The first-order chi connectivity index (χ1) is 5.88. The fraction of sp³-hybridized carbons (Fsp3) is 0.455. The molecule has 0 saturated carbocycles. The van der Waals surface area contributed by atoms with E-state index >= 15 is 0 Å². The fourth-order valence-corrected chi connectivity index (χ4v) is 1.27. The zero-order chi connectivity index (χ0) is 10.1. The first kappa shape index (κ1) is 9.90. The van der Waals surface area contributed by atoms with E-state index in [0.29, 0.717) is 12.0 Å². The minimum absolute atomic E-state index is 0.0328. The highest BCUT2D eigenvalue weighted by atomic mass is 16.1. The molecule has 0 aliphatic heterocycles. The largest absolute Gasteiger partial charge is 0.290 e. The number of hydrogen-bond acceptors (Lipinski definition) is 2. The zero-order valence-electron chi connectivity index (χ0n) is 8.26. The number of carbonyl (C=O) groups is 2. The van der Waals surface area contributed by atoms with E-state index in [9.17, 15) is 9.59 Å². The van der Waals surface area contributed by atoms with Gasteiger partial charge in [0.15, 0.2) is 11.6 Å². The van der Waals surface area contributed by atoms with Crippen LogP contribution in [0.3, 0.4) is 0 Å². The van der Waals surface area contributed by atoms with Gasteiger partial charge >= 0.3 is 0 Å². The fourth-order valence-electron chi connectivity index (χ4n) is 1.27. The molecule has 2 heteroatoms. The molecule has 0 radical (unpaired) electrons. The molecule has 0 spiro atoms. The maximum Gasteiger partial charge on any atom is 0.182 e. The average molecular weight is 178 g/mol. The summed E-state index contributed by atoms with van der Waals surface area (Å²) >= 11 is 0. The van der Waals surface area contributed by atoms with Crippen LogP contribution in [0, 0.1) is 5.41 Å². The van der Waals surface area contributed by atoms with E-state index in [1.165, 1.54) is 18.2 Å². The first-order valence-corrected chi connectivity index (χ1v) is 4.35. The van der Waals surface area contributed by atoms with Gasteiger partial charge in [0.2, 0.25) is 0 Å². The van der Waals surface area contributed by atoms with Crippen molar-refractivity contribution in [1.82, 2.24) is 0 Å². The van der Waals surface area contributed by atoms with Crippen LogP contribution in [0.5, 0.6) is 0 Å². The SMILES string of the molecule is CC(C)(C)CC1=CC(=O)C=CC1=O. The molecule has 70 valence electrons. The minimum atomic E-state index is -0.0844. The summed E-state index contributed by atoms with van der Waals surface area (Å²) in [6, 6.07) is 0. The molecule has 1 aliphatic rings. The molecule has 0 amide bonds. The smallest absolute Gasteiger partial charge is 0.182 e. The standard InChI is InChI=1S/C11H14O2/c1-11(2,3)7-8-6-9(12)4-5-10(8)13/h4-6H,7H2,1-3H3. The van der Waals surface area contributed by atoms with Crippen LogP contribution in [-0.4, -0.2) is 11.6 Å². The van der Waals surface area contributed by atoms with Crippen LogP contribution in [0.25, 0.3) is 0 Å². The van der Waals surface area contributed by atoms with Gasteiger partial charge in [0.1, 0.15) is 0 Å². The molecule has 0 saturated heterocycles. The molecule has 1 rings (SSSR count). The zero-order valence-corrected chi connectivity index (χ0v) is 8.26. The maximum atomic E-state index is 11.3. The van der Waals surface area contributed by atoms with Gasteiger partial charge < -0.3 is 0 Å². The molecular formula is C11H14O2. The van der Waals surface area contributed by atoms with Crippen molar-refractivity contribution in [1.29, 1.82) is 0 Å². The van der Waals surface area contributed by atoms with Crippen molar-refractivity contribution in [3.8, 4) is 0 Å². The summed E-state index contributed by atoms with van der Waals surface area (Å²) in [5.41, 5.74) is 0.674. The maximum absolute atomic E-state index is 11.3. The van der Waals surface area contributed by atoms with E-state index < -0.39 is 0 Å². The van der Waals surface area contributed by atoms with Gasteiger partial charge in [-0.1, -0.05) is 20.8 Å². The second-order valence-corrected chi connectivity index (χ2v) is 4.51. The summed E-state index contributed by atoms with van der Waals surface area (Å²) in [4.78, 5) is 22.3.